The van der Waals surface area contributed by atoms with Crippen molar-refractivity contribution in [3.8, 4) is 11.4 Å². The lowest BCUT2D eigenvalue weighted by Crippen LogP contribution is -2.17. The number of aromatic amines is 2. The van der Waals surface area contributed by atoms with Gasteiger partial charge in [-0.15, -0.1) is 0 Å². The first kappa shape index (κ1) is 23.2. The number of carbonyl (C=O) groups is 1. The fourth-order valence-electron chi connectivity index (χ4n) is 4.04. The zero-order chi connectivity index (χ0) is 26.3. The normalized spacial score (nSPS) is 11.7. The van der Waals surface area contributed by atoms with Crippen molar-refractivity contribution < 1.29 is 18.0 Å². The van der Waals surface area contributed by atoms with E-state index in [0.29, 0.717) is 34.3 Å². The molecule has 1 amide bonds. The van der Waals surface area contributed by atoms with Gasteiger partial charge in [0.2, 0.25) is 0 Å². The van der Waals surface area contributed by atoms with Crippen molar-refractivity contribution in [1.29, 1.82) is 0 Å². The van der Waals surface area contributed by atoms with Crippen molar-refractivity contribution in [3.63, 3.8) is 0 Å². The van der Waals surface area contributed by atoms with Crippen LogP contribution in [0.15, 0.2) is 79.4 Å². The summed E-state index contributed by atoms with van der Waals surface area (Å²) >= 11 is 0. The van der Waals surface area contributed by atoms with E-state index < -0.39 is 17.6 Å². The van der Waals surface area contributed by atoms with E-state index in [2.05, 4.69) is 40.8 Å². The molecule has 4 aromatic heterocycles. The van der Waals surface area contributed by atoms with E-state index in [1.165, 1.54) is 6.20 Å². The summed E-state index contributed by atoms with van der Waals surface area (Å²) in [5.74, 6) is 0.326. The van der Waals surface area contributed by atoms with Gasteiger partial charge in [0.25, 0.3) is 5.91 Å². The minimum Gasteiger partial charge on any atom is -0.350 e. The van der Waals surface area contributed by atoms with Crippen molar-refractivity contribution in [2.24, 2.45) is 0 Å². The Balaban J connectivity index is 1.24. The average molecular weight is 514 g/mol. The number of pyridine rings is 1. The molecule has 38 heavy (non-hydrogen) atoms. The third-order valence-electron chi connectivity index (χ3n) is 5.87. The molecule has 0 saturated heterocycles. The maximum atomic E-state index is 13.3. The Hall–Kier alpha value is -5.26. The van der Waals surface area contributed by atoms with Crippen LogP contribution in [-0.4, -0.2) is 36.0 Å². The van der Waals surface area contributed by atoms with Crippen LogP contribution in [0.2, 0.25) is 0 Å². The Morgan fingerprint density at radius 2 is 1.79 bits per heavy atom. The van der Waals surface area contributed by atoms with E-state index in [1.807, 2.05) is 18.2 Å². The van der Waals surface area contributed by atoms with E-state index >= 15 is 0 Å². The number of aromatic nitrogens is 6. The molecule has 2 aromatic carbocycles. The number of nitrogens with one attached hydrogen (secondary N) is 4. The Kier molecular flexibility index (Phi) is 5.48. The molecule has 6 rings (SSSR count). The van der Waals surface area contributed by atoms with Gasteiger partial charge in [-0.1, -0.05) is 12.1 Å². The smallest absolute Gasteiger partial charge is 0.350 e. The summed E-state index contributed by atoms with van der Waals surface area (Å²) in [6.45, 7) is 0. The predicted molar refractivity (Wildman–Crippen MR) is 136 cm³/mol. The predicted octanol–water partition coefficient (Wildman–Crippen LogP) is 5.91. The molecule has 0 spiro atoms. The molecule has 0 radical (unpaired) electrons. The minimum absolute atomic E-state index is 0.105. The summed E-state index contributed by atoms with van der Waals surface area (Å²) in [5.41, 5.74) is 1.76. The number of fused-ring (bicyclic) bond motifs is 2. The van der Waals surface area contributed by atoms with E-state index in [0.717, 1.165) is 22.7 Å². The van der Waals surface area contributed by atoms with Gasteiger partial charge in [0, 0.05) is 46.1 Å². The number of nitrogens with zero attached hydrogens (tertiary/aromatic N) is 4. The fraction of sp³-hybridized carbons (Fsp3) is 0.0385. The van der Waals surface area contributed by atoms with Crippen LogP contribution >= 0.6 is 0 Å². The number of halogens is 3. The zero-order valence-corrected chi connectivity index (χ0v) is 19.3. The molecule has 4 heterocycles. The quantitative estimate of drug-likeness (QED) is 0.227. The number of rotatable bonds is 5. The van der Waals surface area contributed by atoms with Crippen LogP contribution in [0, 0.1) is 0 Å². The number of hydrogen-bond acceptors (Lipinski definition) is 6. The van der Waals surface area contributed by atoms with Crippen molar-refractivity contribution >= 4 is 44.9 Å². The molecule has 0 aliphatic rings. The Morgan fingerprint density at radius 3 is 2.66 bits per heavy atom. The van der Waals surface area contributed by atoms with Crippen LogP contribution in [0.25, 0.3) is 33.2 Å². The highest BCUT2D eigenvalue weighted by atomic mass is 19.4. The molecule has 0 bridgehead atoms. The number of carbonyl (C=O) groups excluding carboxylic acids is 1. The number of H-pyrrole nitrogens is 2. The van der Waals surface area contributed by atoms with Crippen molar-refractivity contribution in [2.45, 2.75) is 6.18 Å². The molecule has 4 N–H and O–H groups in total. The van der Waals surface area contributed by atoms with Crippen LogP contribution in [-0.2, 0) is 6.18 Å². The lowest BCUT2D eigenvalue weighted by molar-refractivity contribution is -0.137. The van der Waals surface area contributed by atoms with Gasteiger partial charge in [0.1, 0.15) is 11.5 Å². The van der Waals surface area contributed by atoms with Gasteiger partial charge in [0.15, 0.2) is 5.82 Å². The Labute approximate surface area is 212 Å². The monoisotopic (exact) mass is 514 g/mol. The largest absolute Gasteiger partial charge is 0.419 e. The SMILES string of the molecule is O=C(Nc1ccncc1C(F)(F)F)c1cc2ccc(-c3nccc(Nc4ccc5[nH]ncc5c4)n3)cc2[nH]1. The van der Waals surface area contributed by atoms with Crippen LogP contribution in [0.1, 0.15) is 16.1 Å². The van der Waals surface area contributed by atoms with Crippen LogP contribution < -0.4 is 10.6 Å². The summed E-state index contributed by atoms with van der Waals surface area (Å²) in [6, 6.07) is 15.5. The van der Waals surface area contributed by atoms with Crippen LogP contribution in [0.4, 0.5) is 30.4 Å². The van der Waals surface area contributed by atoms with Crippen LogP contribution in [0.3, 0.4) is 0 Å². The highest BCUT2D eigenvalue weighted by molar-refractivity contribution is 6.06. The van der Waals surface area contributed by atoms with Crippen molar-refractivity contribution in [1.82, 2.24) is 30.1 Å². The molecule has 0 atom stereocenters. The van der Waals surface area contributed by atoms with E-state index in [-0.39, 0.29) is 11.4 Å². The van der Waals surface area contributed by atoms with Crippen LogP contribution in [0.5, 0.6) is 0 Å². The summed E-state index contributed by atoms with van der Waals surface area (Å²) in [4.78, 5) is 28.2. The molecule has 12 heteroatoms. The number of hydrogen-bond donors (Lipinski definition) is 4. The van der Waals surface area contributed by atoms with E-state index in [4.69, 9.17) is 0 Å². The summed E-state index contributed by atoms with van der Waals surface area (Å²) < 4.78 is 39.8. The second-order valence-electron chi connectivity index (χ2n) is 8.42. The molecular weight excluding hydrogens is 497 g/mol. The molecule has 9 nitrogen and oxygen atoms in total. The zero-order valence-electron chi connectivity index (χ0n) is 19.3. The average Bonchev–Trinajstić information content (AvgIpc) is 3.55. The molecule has 0 aliphatic carbocycles. The second-order valence-corrected chi connectivity index (χ2v) is 8.42. The molecule has 188 valence electrons. The maximum Gasteiger partial charge on any atom is 0.419 e. The summed E-state index contributed by atoms with van der Waals surface area (Å²) in [7, 11) is 0. The highest BCUT2D eigenvalue weighted by Gasteiger charge is 2.34. The first-order valence-corrected chi connectivity index (χ1v) is 11.3. The van der Waals surface area contributed by atoms with Gasteiger partial charge in [0.05, 0.1) is 23.0 Å². The Bertz CT molecular complexity index is 1810. The number of anilines is 3. The van der Waals surface area contributed by atoms with Gasteiger partial charge in [-0.3, -0.25) is 14.9 Å². The molecule has 0 aliphatic heterocycles. The van der Waals surface area contributed by atoms with Gasteiger partial charge < -0.3 is 15.6 Å². The second kappa shape index (κ2) is 9.00. The molecule has 0 fully saturated rings. The summed E-state index contributed by atoms with van der Waals surface area (Å²) in [6.07, 6.45) is 0.568. The third kappa shape index (κ3) is 4.50. The van der Waals surface area contributed by atoms with E-state index in [1.54, 1.807) is 42.7 Å². The highest BCUT2D eigenvalue weighted by Crippen LogP contribution is 2.34. The van der Waals surface area contributed by atoms with Gasteiger partial charge in [-0.2, -0.15) is 18.3 Å². The van der Waals surface area contributed by atoms with Crippen molar-refractivity contribution in [3.05, 3.63) is 90.6 Å². The Morgan fingerprint density at radius 1 is 0.895 bits per heavy atom. The summed E-state index contributed by atoms with van der Waals surface area (Å²) in [5, 5.41) is 14.2. The molecular formula is C26H17F3N8O. The molecule has 6 aromatic rings. The lowest BCUT2D eigenvalue weighted by Gasteiger charge is -2.12. The molecule has 0 saturated carbocycles. The minimum atomic E-state index is -4.65. The molecule has 0 unspecified atom stereocenters. The topological polar surface area (TPSA) is 124 Å². The van der Waals surface area contributed by atoms with Crippen molar-refractivity contribution in [2.75, 3.05) is 10.6 Å². The maximum absolute atomic E-state index is 13.3. The number of alkyl halides is 3. The first-order chi connectivity index (χ1) is 18.3. The van der Waals surface area contributed by atoms with Gasteiger partial charge >= 0.3 is 6.18 Å². The first-order valence-electron chi connectivity index (χ1n) is 11.3. The van der Waals surface area contributed by atoms with Gasteiger partial charge in [-0.25, -0.2) is 9.97 Å². The fourth-order valence-corrected chi connectivity index (χ4v) is 4.04. The third-order valence-corrected chi connectivity index (χ3v) is 5.87. The number of benzene rings is 2. The lowest BCUT2D eigenvalue weighted by atomic mass is 10.1. The van der Waals surface area contributed by atoms with E-state index in [9.17, 15) is 18.0 Å². The number of amides is 1. The standard InChI is InChI=1S/C26H17F3N8O/c27-26(28,29)18-13-30-7-5-20(18)35-25(38)22-10-14-1-2-15(11-21(14)34-22)24-31-8-6-23(36-24)33-17-3-4-19-16(9-17)12-32-37-19/h1-13,34H,(H,32,37)(H,30,35,38)(H,31,33,36). The van der Waals surface area contributed by atoms with Gasteiger partial charge in [-0.05, 0) is 42.5 Å².